The molecule has 0 saturated carbocycles. The Kier molecular flexibility index (Phi) is 5.48. The van der Waals surface area contributed by atoms with Gasteiger partial charge in [0.1, 0.15) is 5.82 Å². The van der Waals surface area contributed by atoms with Crippen LogP contribution in [0.1, 0.15) is 19.4 Å². The van der Waals surface area contributed by atoms with Crippen LogP contribution in [0.4, 0.5) is 0 Å². The summed E-state index contributed by atoms with van der Waals surface area (Å²) >= 11 is 0. The third-order valence-electron chi connectivity index (χ3n) is 3.17. The van der Waals surface area contributed by atoms with Gasteiger partial charge >= 0.3 is 0 Å². The molecule has 1 fully saturated rings. The van der Waals surface area contributed by atoms with Gasteiger partial charge in [-0.25, -0.2) is 9.97 Å². The summed E-state index contributed by atoms with van der Waals surface area (Å²) in [6.07, 6.45) is 6.53. The molecule has 0 aromatic carbocycles. The van der Waals surface area contributed by atoms with E-state index in [1.165, 1.54) is 0 Å². The molecule has 2 aromatic rings. The summed E-state index contributed by atoms with van der Waals surface area (Å²) in [6, 6.07) is 4.22. The van der Waals surface area contributed by atoms with E-state index in [4.69, 9.17) is 19.4 Å². The normalized spacial score (nSPS) is 16.7. The molecule has 1 saturated heterocycles. The predicted molar refractivity (Wildman–Crippen MR) is 79.8 cm³/mol. The predicted octanol–water partition coefficient (Wildman–Crippen LogP) is 2.01. The van der Waals surface area contributed by atoms with Crippen molar-refractivity contribution in [2.24, 2.45) is 0 Å². The minimum atomic E-state index is -0.833. The minimum absolute atomic E-state index is 0.354. The molecule has 0 amide bonds. The third-order valence-corrected chi connectivity index (χ3v) is 3.17. The molecule has 1 atom stereocenters. The van der Waals surface area contributed by atoms with Gasteiger partial charge < -0.3 is 19.1 Å². The standard InChI is InChI=1S/C13H15N3O2.C2H4O2/c1-17-13-11(3-2-5-15-13)12-14-6-7-16(12)10-4-8-18-9-10;1-2(3)4/h2-3,5-7,10H,4,8-9H2,1H3;1H3,(H,3,4). The van der Waals surface area contributed by atoms with E-state index in [-0.39, 0.29) is 0 Å². The third kappa shape index (κ3) is 3.82. The highest BCUT2D eigenvalue weighted by molar-refractivity contribution is 5.63. The van der Waals surface area contributed by atoms with E-state index in [1.807, 2.05) is 18.3 Å². The van der Waals surface area contributed by atoms with E-state index in [1.54, 1.807) is 19.5 Å². The van der Waals surface area contributed by atoms with Crippen LogP contribution < -0.4 is 4.74 Å². The van der Waals surface area contributed by atoms with E-state index >= 15 is 0 Å². The van der Waals surface area contributed by atoms with Crippen LogP contribution in [0.3, 0.4) is 0 Å². The van der Waals surface area contributed by atoms with Crippen LogP contribution in [-0.2, 0) is 9.53 Å². The fourth-order valence-electron chi connectivity index (χ4n) is 2.28. The van der Waals surface area contributed by atoms with Gasteiger partial charge in [-0.2, -0.15) is 0 Å². The molecule has 1 N–H and O–H groups in total. The van der Waals surface area contributed by atoms with E-state index in [0.29, 0.717) is 11.9 Å². The first-order chi connectivity index (χ1) is 10.6. The summed E-state index contributed by atoms with van der Waals surface area (Å²) in [7, 11) is 1.62. The molecule has 0 radical (unpaired) electrons. The average molecular weight is 305 g/mol. The van der Waals surface area contributed by atoms with Gasteiger partial charge in [0, 0.05) is 32.1 Å². The van der Waals surface area contributed by atoms with Gasteiger partial charge in [0.2, 0.25) is 5.88 Å². The molecule has 3 heterocycles. The molecule has 1 unspecified atom stereocenters. The summed E-state index contributed by atoms with van der Waals surface area (Å²) in [5.74, 6) is 0.652. The number of nitrogens with zero attached hydrogens (tertiary/aromatic N) is 3. The minimum Gasteiger partial charge on any atom is -0.481 e. The SMILES string of the molecule is CC(=O)O.COc1ncccc1-c1nccn1C1CCOC1. The highest BCUT2D eigenvalue weighted by Crippen LogP contribution is 2.30. The average Bonchev–Trinajstić information content (AvgIpc) is 3.17. The first-order valence-electron chi connectivity index (χ1n) is 6.93. The van der Waals surface area contributed by atoms with Crippen molar-refractivity contribution in [2.75, 3.05) is 20.3 Å². The molecule has 0 bridgehead atoms. The van der Waals surface area contributed by atoms with Crippen LogP contribution >= 0.6 is 0 Å². The van der Waals surface area contributed by atoms with E-state index in [2.05, 4.69) is 14.5 Å². The maximum Gasteiger partial charge on any atom is 0.300 e. The van der Waals surface area contributed by atoms with E-state index < -0.39 is 5.97 Å². The second kappa shape index (κ2) is 7.56. The van der Waals surface area contributed by atoms with Gasteiger partial charge in [-0.1, -0.05) is 0 Å². The Morgan fingerprint density at radius 2 is 2.23 bits per heavy atom. The fraction of sp³-hybridized carbons (Fsp3) is 0.400. The van der Waals surface area contributed by atoms with Crippen molar-refractivity contribution in [1.29, 1.82) is 0 Å². The highest BCUT2D eigenvalue weighted by atomic mass is 16.5. The van der Waals surface area contributed by atoms with E-state index in [0.717, 1.165) is 37.9 Å². The van der Waals surface area contributed by atoms with Gasteiger partial charge in [-0.3, -0.25) is 4.79 Å². The molecule has 2 aromatic heterocycles. The van der Waals surface area contributed by atoms with Crippen molar-refractivity contribution in [3.05, 3.63) is 30.7 Å². The summed E-state index contributed by atoms with van der Waals surface area (Å²) in [6.45, 7) is 2.64. The van der Waals surface area contributed by atoms with Gasteiger partial charge in [-0.15, -0.1) is 0 Å². The zero-order valence-corrected chi connectivity index (χ0v) is 12.6. The largest absolute Gasteiger partial charge is 0.481 e. The van der Waals surface area contributed by atoms with Crippen molar-refractivity contribution in [1.82, 2.24) is 14.5 Å². The van der Waals surface area contributed by atoms with Crippen LogP contribution in [0.2, 0.25) is 0 Å². The van der Waals surface area contributed by atoms with Gasteiger partial charge in [0.15, 0.2) is 0 Å². The summed E-state index contributed by atoms with van der Waals surface area (Å²) in [5.41, 5.74) is 0.914. The molecule has 1 aliphatic heterocycles. The van der Waals surface area contributed by atoms with Crippen molar-refractivity contribution in [3.8, 4) is 17.3 Å². The Hall–Kier alpha value is -2.41. The lowest BCUT2D eigenvalue weighted by Crippen LogP contribution is -2.09. The molecular weight excluding hydrogens is 286 g/mol. The van der Waals surface area contributed by atoms with Crippen LogP contribution in [0.5, 0.6) is 5.88 Å². The first kappa shape index (κ1) is 16.0. The Balaban J connectivity index is 0.000000396. The number of hydrogen-bond donors (Lipinski definition) is 1. The van der Waals surface area contributed by atoms with Gasteiger partial charge in [0.25, 0.3) is 5.97 Å². The number of hydrogen-bond acceptors (Lipinski definition) is 5. The number of imidazole rings is 1. The van der Waals surface area contributed by atoms with Crippen molar-refractivity contribution in [3.63, 3.8) is 0 Å². The lowest BCUT2D eigenvalue weighted by molar-refractivity contribution is -0.134. The molecule has 118 valence electrons. The topological polar surface area (TPSA) is 86.5 Å². The lowest BCUT2D eigenvalue weighted by atomic mass is 10.2. The Bertz CT molecular complexity index is 617. The number of aliphatic carboxylic acids is 1. The number of carboxylic acids is 1. The molecule has 22 heavy (non-hydrogen) atoms. The molecule has 7 heteroatoms. The Morgan fingerprint density at radius 1 is 1.45 bits per heavy atom. The van der Waals surface area contributed by atoms with Crippen molar-refractivity contribution in [2.45, 2.75) is 19.4 Å². The second-order valence-electron chi connectivity index (χ2n) is 4.75. The maximum absolute atomic E-state index is 9.00. The number of rotatable bonds is 3. The monoisotopic (exact) mass is 305 g/mol. The first-order valence-corrected chi connectivity index (χ1v) is 6.93. The summed E-state index contributed by atoms with van der Waals surface area (Å²) < 4.78 is 12.9. The van der Waals surface area contributed by atoms with Crippen LogP contribution in [-0.4, -0.2) is 45.9 Å². The van der Waals surface area contributed by atoms with E-state index in [9.17, 15) is 0 Å². The quantitative estimate of drug-likeness (QED) is 0.933. The van der Waals surface area contributed by atoms with Gasteiger partial charge in [0.05, 0.1) is 25.3 Å². The molecule has 0 aliphatic carbocycles. The molecular formula is C15H19N3O4. The molecule has 3 rings (SSSR count). The number of pyridine rings is 1. The van der Waals surface area contributed by atoms with Gasteiger partial charge in [-0.05, 0) is 18.6 Å². The smallest absolute Gasteiger partial charge is 0.300 e. The molecule has 7 nitrogen and oxygen atoms in total. The number of methoxy groups -OCH3 is 1. The zero-order chi connectivity index (χ0) is 15.9. The number of carboxylic acid groups (broad SMARTS) is 1. The van der Waals surface area contributed by atoms with Crippen LogP contribution in [0.25, 0.3) is 11.4 Å². The molecule has 0 spiro atoms. The summed E-state index contributed by atoms with van der Waals surface area (Å²) in [5, 5.41) is 7.42. The number of ether oxygens (including phenoxy) is 2. The molecule has 1 aliphatic rings. The van der Waals surface area contributed by atoms with Crippen LogP contribution in [0.15, 0.2) is 30.7 Å². The van der Waals surface area contributed by atoms with Crippen molar-refractivity contribution < 1.29 is 19.4 Å². The highest BCUT2D eigenvalue weighted by Gasteiger charge is 2.22. The lowest BCUT2D eigenvalue weighted by Gasteiger charge is -2.14. The van der Waals surface area contributed by atoms with Crippen LogP contribution in [0, 0.1) is 0 Å². The fourth-order valence-corrected chi connectivity index (χ4v) is 2.28. The summed E-state index contributed by atoms with van der Waals surface area (Å²) in [4.78, 5) is 17.6. The Labute approximate surface area is 128 Å². The zero-order valence-electron chi connectivity index (χ0n) is 12.6. The number of carbonyl (C=O) groups is 1. The Morgan fingerprint density at radius 3 is 2.86 bits per heavy atom. The second-order valence-corrected chi connectivity index (χ2v) is 4.75. The number of aromatic nitrogens is 3. The maximum atomic E-state index is 9.00. The van der Waals surface area contributed by atoms with Crippen molar-refractivity contribution >= 4 is 5.97 Å².